The first-order valence-electron chi connectivity index (χ1n) is 8.78. The zero-order valence-corrected chi connectivity index (χ0v) is 15.3. The quantitative estimate of drug-likeness (QED) is 0.814. The number of amides is 1. The van der Waals surface area contributed by atoms with E-state index in [0.717, 1.165) is 38.3 Å². The summed E-state index contributed by atoms with van der Waals surface area (Å²) in [7, 11) is 0. The van der Waals surface area contributed by atoms with Crippen LogP contribution < -0.4 is 15.1 Å². The van der Waals surface area contributed by atoms with E-state index in [2.05, 4.69) is 21.7 Å². The Kier molecular flexibility index (Phi) is 6.04. The van der Waals surface area contributed by atoms with Crippen LogP contribution >= 0.6 is 11.3 Å². The van der Waals surface area contributed by atoms with Gasteiger partial charge in [-0.15, -0.1) is 11.3 Å². The molecule has 0 saturated carbocycles. The van der Waals surface area contributed by atoms with Crippen LogP contribution in [-0.4, -0.2) is 44.7 Å². The van der Waals surface area contributed by atoms with E-state index >= 15 is 0 Å². The van der Waals surface area contributed by atoms with Gasteiger partial charge < -0.3 is 15.1 Å². The molecule has 1 aromatic carbocycles. The average Bonchev–Trinajstić information content (AvgIpc) is 3.15. The van der Waals surface area contributed by atoms with Gasteiger partial charge in [0.1, 0.15) is 5.82 Å². The highest BCUT2D eigenvalue weighted by molar-refractivity contribution is 7.09. The van der Waals surface area contributed by atoms with E-state index in [-0.39, 0.29) is 17.8 Å². The fourth-order valence-corrected chi connectivity index (χ4v) is 3.95. The van der Waals surface area contributed by atoms with Crippen molar-refractivity contribution in [1.82, 2.24) is 5.32 Å². The van der Waals surface area contributed by atoms with Crippen molar-refractivity contribution in [2.24, 2.45) is 0 Å². The van der Waals surface area contributed by atoms with Gasteiger partial charge in [0, 0.05) is 17.1 Å². The second-order valence-electron chi connectivity index (χ2n) is 6.46. The molecule has 4 nitrogen and oxygen atoms in total. The van der Waals surface area contributed by atoms with Crippen LogP contribution in [0, 0.1) is 5.82 Å². The van der Waals surface area contributed by atoms with Crippen molar-refractivity contribution in [3.63, 3.8) is 0 Å². The van der Waals surface area contributed by atoms with Gasteiger partial charge in [0.25, 0.3) is 5.91 Å². The molecule has 25 heavy (non-hydrogen) atoms. The second-order valence-corrected chi connectivity index (χ2v) is 7.50. The summed E-state index contributed by atoms with van der Waals surface area (Å²) < 4.78 is 13.0. The maximum Gasteiger partial charge on any atom is 0.278 e. The summed E-state index contributed by atoms with van der Waals surface area (Å²) >= 11 is 1.72. The Morgan fingerprint density at radius 2 is 2.00 bits per heavy atom. The third-order valence-electron chi connectivity index (χ3n) is 4.85. The first-order chi connectivity index (χ1) is 12.1. The van der Waals surface area contributed by atoms with Crippen LogP contribution in [0.1, 0.15) is 11.8 Å². The third-order valence-corrected chi connectivity index (χ3v) is 5.79. The largest absolute Gasteiger partial charge is 0.360 e. The number of quaternary nitrogens is 1. The van der Waals surface area contributed by atoms with Crippen molar-refractivity contribution in [3.8, 4) is 0 Å². The molecular weight excluding hydrogens is 337 g/mol. The smallest absolute Gasteiger partial charge is 0.278 e. The van der Waals surface area contributed by atoms with Gasteiger partial charge in [0.15, 0.2) is 6.04 Å². The normalized spacial score (nSPS) is 16.6. The van der Waals surface area contributed by atoms with E-state index in [1.54, 1.807) is 11.3 Å². The summed E-state index contributed by atoms with van der Waals surface area (Å²) in [6, 6.07) is 10.7. The van der Waals surface area contributed by atoms with E-state index in [0.29, 0.717) is 6.54 Å². The first kappa shape index (κ1) is 17.9. The van der Waals surface area contributed by atoms with Gasteiger partial charge in [0.05, 0.1) is 26.2 Å². The van der Waals surface area contributed by atoms with E-state index in [9.17, 15) is 9.18 Å². The van der Waals surface area contributed by atoms with Crippen LogP contribution in [0.3, 0.4) is 0 Å². The molecule has 1 aliphatic heterocycles. The number of hydrogen-bond acceptors (Lipinski definition) is 3. The Morgan fingerprint density at radius 1 is 1.28 bits per heavy atom. The maximum atomic E-state index is 13.0. The molecule has 1 atom stereocenters. The number of nitrogens with one attached hydrogen (secondary N) is 2. The molecular formula is C19H25FN3OS+. The summed E-state index contributed by atoms with van der Waals surface area (Å²) in [6.07, 6.45) is 0.893. The SMILES string of the molecule is C[C@H](C(=O)NCCc1cccs1)[NH+]1CCN(c2ccc(F)cc2)CC1. The summed E-state index contributed by atoms with van der Waals surface area (Å²) in [6.45, 7) is 6.29. The first-order valence-corrected chi connectivity index (χ1v) is 9.66. The third kappa shape index (κ3) is 4.80. The topological polar surface area (TPSA) is 36.8 Å². The minimum atomic E-state index is -0.208. The maximum absolute atomic E-state index is 13.0. The van der Waals surface area contributed by atoms with Crippen molar-refractivity contribution < 1.29 is 14.1 Å². The zero-order valence-electron chi connectivity index (χ0n) is 14.5. The lowest BCUT2D eigenvalue weighted by Crippen LogP contribution is -3.19. The van der Waals surface area contributed by atoms with Gasteiger partial charge >= 0.3 is 0 Å². The summed E-state index contributed by atoms with van der Waals surface area (Å²) in [5, 5.41) is 5.12. The minimum absolute atomic E-state index is 0.0429. The van der Waals surface area contributed by atoms with Gasteiger partial charge in [0.2, 0.25) is 0 Å². The summed E-state index contributed by atoms with van der Waals surface area (Å²) in [5.74, 6) is -0.0809. The van der Waals surface area contributed by atoms with E-state index in [1.165, 1.54) is 21.9 Å². The number of piperazine rings is 1. The van der Waals surface area contributed by atoms with Crippen molar-refractivity contribution in [1.29, 1.82) is 0 Å². The van der Waals surface area contributed by atoms with Crippen molar-refractivity contribution in [3.05, 3.63) is 52.5 Å². The molecule has 2 aromatic rings. The Morgan fingerprint density at radius 3 is 2.64 bits per heavy atom. The van der Waals surface area contributed by atoms with Gasteiger partial charge in [-0.1, -0.05) is 6.07 Å². The number of rotatable bonds is 6. The van der Waals surface area contributed by atoms with Gasteiger partial charge in [-0.05, 0) is 49.1 Å². The lowest BCUT2D eigenvalue weighted by Gasteiger charge is -2.36. The Bertz CT molecular complexity index is 666. The van der Waals surface area contributed by atoms with Crippen LogP contribution in [0.25, 0.3) is 0 Å². The molecule has 1 aliphatic rings. The number of halogens is 1. The Labute approximate surface area is 152 Å². The number of carbonyl (C=O) groups is 1. The molecule has 0 aliphatic carbocycles. The zero-order chi connectivity index (χ0) is 17.6. The molecule has 0 radical (unpaired) electrons. The number of benzene rings is 1. The molecule has 6 heteroatoms. The molecule has 3 rings (SSSR count). The summed E-state index contributed by atoms with van der Waals surface area (Å²) in [5.41, 5.74) is 1.05. The molecule has 2 heterocycles. The molecule has 0 spiro atoms. The molecule has 134 valence electrons. The predicted molar refractivity (Wildman–Crippen MR) is 99.8 cm³/mol. The second kappa shape index (κ2) is 8.45. The van der Waals surface area contributed by atoms with E-state index in [4.69, 9.17) is 0 Å². The molecule has 1 aromatic heterocycles. The molecule has 0 unspecified atom stereocenters. The molecule has 0 bridgehead atoms. The summed E-state index contributed by atoms with van der Waals surface area (Å²) in [4.78, 5) is 17.2. The number of nitrogens with zero attached hydrogens (tertiary/aromatic N) is 1. The minimum Gasteiger partial charge on any atom is -0.360 e. The standard InChI is InChI=1S/C19H24FN3OS/c1-15(19(24)21-9-8-18-3-2-14-25-18)22-10-12-23(13-11-22)17-6-4-16(20)5-7-17/h2-7,14-15H,8-13H2,1H3,(H,21,24)/p+1/t15-/m1/s1. The van der Waals surface area contributed by atoms with E-state index in [1.807, 2.05) is 25.1 Å². The van der Waals surface area contributed by atoms with Crippen molar-refractivity contribution in [2.45, 2.75) is 19.4 Å². The lowest BCUT2D eigenvalue weighted by molar-refractivity contribution is -0.914. The van der Waals surface area contributed by atoms with Crippen LogP contribution in [0.5, 0.6) is 0 Å². The highest BCUT2D eigenvalue weighted by Gasteiger charge is 2.29. The Balaban J connectivity index is 1.43. The van der Waals surface area contributed by atoms with Crippen LogP contribution in [0.15, 0.2) is 41.8 Å². The molecule has 1 amide bonds. The van der Waals surface area contributed by atoms with Gasteiger partial charge in [-0.25, -0.2) is 4.39 Å². The van der Waals surface area contributed by atoms with Crippen molar-refractivity contribution in [2.75, 3.05) is 37.6 Å². The lowest BCUT2D eigenvalue weighted by atomic mass is 10.2. The number of carbonyl (C=O) groups excluding carboxylic acids is 1. The van der Waals surface area contributed by atoms with Crippen LogP contribution in [0.2, 0.25) is 0 Å². The number of thiophene rings is 1. The average molecular weight is 362 g/mol. The fraction of sp³-hybridized carbons (Fsp3) is 0.421. The fourth-order valence-electron chi connectivity index (χ4n) is 3.24. The van der Waals surface area contributed by atoms with Crippen molar-refractivity contribution >= 4 is 22.9 Å². The highest BCUT2D eigenvalue weighted by Crippen LogP contribution is 2.14. The Hall–Kier alpha value is -1.92. The highest BCUT2D eigenvalue weighted by atomic mass is 32.1. The van der Waals surface area contributed by atoms with Crippen LogP contribution in [0.4, 0.5) is 10.1 Å². The molecule has 1 fully saturated rings. The monoisotopic (exact) mass is 362 g/mol. The molecule has 1 saturated heterocycles. The predicted octanol–water partition coefficient (Wildman–Crippen LogP) is 1.34. The van der Waals surface area contributed by atoms with Gasteiger partial charge in [-0.3, -0.25) is 4.79 Å². The number of hydrogen-bond donors (Lipinski definition) is 2. The van der Waals surface area contributed by atoms with Gasteiger partial charge in [-0.2, -0.15) is 0 Å². The van der Waals surface area contributed by atoms with Crippen LogP contribution in [-0.2, 0) is 11.2 Å². The number of anilines is 1. The van der Waals surface area contributed by atoms with E-state index < -0.39 is 0 Å². The molecule has 2 N–H and O–H groups in total.